The van der Waals surface area contributed by atoms with Crippen molar-refractivity contribution >= 4 is 17.6 Å². The third-order valence-electron chi connectivity index (χ3n) is 1.57. The van der Waals surface area contributed by atoms with Crippen molar-refractivity contribution in [2.75, 3.05) is 13.7 Å². The van der Waals surface area contributed by atoms with E-state index in [2.05, 4.69) is 0 Å². The highest BCUT2D eigenvalue weighted by Crippen LogP contribution is 2.15. The maximum atomic E-state index is 10.3. The zero-order chi connectivity index (χ0) is 8.81. The lowest BCUT2D eigenvalue weighted by atomic mass is 10.3. The van der Waals surface area contributed by atoms with Crippen molar-refractivity contribution in [1.29, 1.82) is 0 Å². The van der Waals surface area contributed by atoms with E-state index in [0.717, 1.165) is 30.6 Å². The quantitative estimate of drug-likeness (QED) is 0.517. The first-order valence-corrected chi connectivity index (χ1v) is 4.71. The molecule has 0 spiro atoms. The first-order chi connectivity index (χ1) is 5.86. The molecule has 0 aliphatic rings. The lowest BCUT2D eigenvalue weighted by Crippen LogP contribution is -1.89. The molecule has 0 bridgehead atoms. The molecular formula is C9H12O2S. The Bertz CT molecular complexity index is 242. The van der Waals surface area contributed by atoms with Crippen molar-refractivity contribution in [2.24, 2.45) is 0 Å². The summed E-state index contributed by atoms with van der Waals surface area (Å²) in [6.07, 6.45) is 2.92. The highest BCUT2D eigenvalue weighted by Gasteiger charge is 1.97. The van der Waals surface area contributed by atoms with Crippen LogP contribution in [0.15, 0.2) is 12.1 Å². The Morgan fingerprint density at radius 1 is 1.58 bits per heavy atom. The van der Waals surface area contributed by atoms with E-state index in [0.29, 0.717) is 0 Å². The molecule has 1 aromatic rings. The van der Waals surface area contributed by atoms with Crippen LogP contribution >= 0.6 is 11.3 Å². The van der Waals surface area contributed by atoms with E-state index >= 15 is 0 Å². The van der Waals surface area contributed by atoms with Crippen LogP contribution in [0, 0.1) is 0 Å². The van der Waals surface area contributed by atoms with Gasteiger partial charge in [-0.05, 0) is 25.0 Å². The zero-order valence-electron chi connectivity index (χ0n) is 7.08. The third kappa shape index (κ3) is 2.75. The number of aldehydes is 1. The van der Waals surface area contributed by atoms with E-state index in [1.54, 1.807) is 18.4 Å². The van der Waals surface area contributed by atoms with Gasteiger partial charge in [-0.25, -0.2) is 0 Å². The van der Waals surface area contributed by atoms with Gasteiger partial charge in [-0.3, -0.25) is 4.79 Å². The SMILES string of the molecule is COCCCc1ccc(C=O)s1. The number of hydrogen-bond donors (Lipinski definition) is 0. The molecule has 0 aliphatic carbocycles. The van der Waals surface area contributed by atoms with Crippen molar-refractivity contribution < 1.29 is 9.53 Å². The van der Waals surface area contributed by atoms with Crippen LogP contribution in [-0.2, 0) is 11.2 Å². The van der Waals surface area contributed by atoms with Crippen molar-refractivity contribution in [3.05, 3.63) is 21.9 Å². The Morgan fingerprint density at radius 3 is 3.00 bits per heavy atom. The second kappa shape index (κ2) is 5.06. The molecule has 0 aliphatic heterocycles. The number of methoxy groups -OCH3 is 1. The molecule has 1 rings (SSSR count). The Hall–Kier alpha value is -0.670. The molecule has 0 fully saturated rings. The fraction of sp³-hybridized carbons (Fsp3) is 0.444. The van der Waals surface area contributed by atoms with Gasteiger partial charge in [0.05, 0.1) is 4.88 Å². The van der Waals surface area contributed by atoms with E-state index in [9.17, 15) is 4.79 Å². The highest BCUT2D eigenvalue weighted by atomic mass is 32.1. The molecular weight excluding hydrogens is 172 g/mol. The molecule has 0 aromatic carbocycles. The summed E-state index contributed by atoms with van der Waals surface area (Å²) in [5.74, 6) is 0. The van der Waals surface area contributed by atoms with E-state index in [1.807, 2.05) is 12.1 Å². The highest BCUT2D eigenvalue weighted by molar-refractivity contribution is 7.13. The van der Waals surface area contributed by atoms with Crippen LogP contribution < -0.4 is 0 Å². The van der Waals surface area contributed by atoms with Gasteiger partial charge in [-0.1, -0.05) is 0 Å². The molecule has 0 atom stereocenters. The van der Waals surface area contributed by atoms with E-state index in [4.69, 9.17) is 4.74 Å². The van der Waals surface area contributed by atoms with Gasteiger partial charge >= 0.3 is 0 Å². The molecule has 1 heterocycles. The molecule has 3 heteroatoms. The number of ether oxygens (including phenoxy) is 1. The summed E-state index contributed by atoms with van der Waals surface area (Å²) >= 11 is 1.56. The predicted molar refractivity (Wildman–Crippen MR) is 49.9 cm³/mol. The van der Waals surface area contributed by atoms with Crippen LogP contribution in [0.5, 0.6) is 0 Å². The second-order valence-corrected chi connectivity index (χ2v) is 3.72. The number of carbonyl (C=O) groups excluding carboxylic acids is 1. The molecule has 66 valence electrons. The average Bonchev–Trinajstić information content (AvgIpc) is 2.53. The van der Waals surface area contributed by atoms with E-state index in [-0.39, 0.29) is 0 Å². The molecule has 0 amide bonds. The summed E-state index contributed by atoms with van der Waals surface area (Å²) in [6, 6.07) is 3.86. The molecule has 0 saturated heterocycles. The van der Waals surface area contributed by atoms with Crippen molar-refractivity contribution in [2.45, 2.75) is 12.8 Å². The lowest BCUT2D eigenvalue weighted by Gasteiger charge is -1.95. The summed E-state index contributed by atoms with van der Waals surface area (Å²) in [4.78, 5) is 12.4. The van der Waals surface area contributed by atoms with Crippen molar-refractivity contribution in [1.82, 2.24) is 0 Å². The van der Waals surface area contributed by atoms with Crippen molar-refractivity contribution in [3.8, 4) is 0 Å². The largest absolute Gasteiger partial charge is 0.385 e. The Balaban J connectivity index is 2.36. The summed E-state index contributed by atoms with van der Waals surface area (Å²) in [5, 5.41) is 0. The number of thiophene rings is 1. The van der Waals surface area contributed by atoms with Crippen LogP contribution in [-0.4, -0.2) is 20.0 Å². The molecule has 1 aromatic heterocycles. The number of carbonyl (C=O) groups is 1. The van der Waals surface area contributed by atoms with Crippen LogP contribution in [0.4, 0.5) is 0 Å². The first-order valence-electron chi connectivity index (χ1n) is 3.89. The summed E-state index contributed by atoms with van der Waals surface area (Å²) < 4.78 is 4.93. The van der Waals surface area contributed by atoms with Gasteiger partial charge in [0.2, 0.25) is 0 Å². The van der Waals surface area contributed by atoms with Crippen LogP contribution in [0.3, 0.4) is 0 Å². The summed E-state index contributed by atoms with van der Waals surface area (Å²) in [7, 11) is 1.70. The smallest absolute Gasteiger partial charge is 0.160 e. The Morgan fingerprint density at radius 2 is 2.42 bits per heavy atom. The van der Waals surface area contributed by atoms with Crippen LogP contribution in [0.25, 0.3) is 0 Å². The first kappa shape index (κ1) is 9.42. The van der Waals surface area contributed by atoms with Gasteiger partial charge < -0.3 is 4.74 Å². The molecule has 0 N–H and O–H groups in total. The Labute approximate surface area is 76.2 Å². The van der Waals surface area contributed by atoms with Gasteiger partial charge in [0, 0.05) is 18.6 Å². The van der Waals surface area contributed by atoms with Crippen LogP contribution in [0.1, 0.15) is 21.0 Å². The molecule has 12 heavy (non-hydrogen) atoms. The minimum Gasteiger partial charge on any atom is -0.385 e. The number of hydrogen-bond acceptors (Lipinski definition) is 3. The normalized spacial score (nSPS) is 10.1. The second-order valence-electron chi connectivity index (χ2n) is 2.52. The lowest BCUT2D eigenvalue weighted by molar-refractivity contribution is 0.112. The number of aryl methyl sites for hydroxylation is 1. The molecule has 0 saturated carbocycles. The summed E-state index contributed by atoms with van der Waals surface area (Å²) in [6.45, 7) is 0.786. The van der Waals surface area contributed by atoms with E-state index in [1.165, 1.54) is 4.88 Å². The van der Waals surface area contributed by atoms with Gasteiger partial charge in [-0.2, -0.15) is 0 Å². The van der Waals surface area contributed by atoms with Crippen molar-refractivity contribution in [3.63, 3.8) is 0 Å². The monoisotopic (exact) mass is 184 g/mol. The summed E-state index contributed by atoms with van der Waals surface area (Å²) in [5.41, 5.74) is 0. The zero-order valence-corrected chi connectivity index (χ0v) is 7.89. The van der Waals surface area contributed by atoms with Gasteiger partial charge in [0.15, 0.2) is 6.29 Å². The fourth-order valence-corrected chi connectivity index (χ4v) is 1.85. The van der Waals surface area contributed by atoms with Gasteiger partial charge in [-0.15, -0.1) is 11.3 Å². The standard InChI is InChI=1S/C9H12O2S/c1-11-6-2-3-8-4-5-9(7-10)12-8/h4-5,7H,2-3,6H2,1H3. The number of rotatable bonds is 5. The fourth-order valence-electron chi connectivity index (χ4n) is 0.983. The molecule has 0 unspecified atom stereocenters. The maximum absolute atomic E-state index is 10.3. The topological polar surface area (TPSA) is 26.3 Å². The minimum atomic E-state index is 0.786. The predicted octanol–water partition coefficient (Wildman–Crippen LogP) is 2.14. The van der Waals surface area contributed by atoms with Crippen LogP contribution in [0.2, 0.25) is 0 Å². The Kier molecular flexibility index (Phi) is 3.97. The third-order valence-corrected chi connectivity index (χ3v) is 2.64. The van der Waals surface area contributed by atoms with Gasteiger partial charge in [0.25, 0.3) is 0 Å². The minimum absolute atomic E-state index is 0.786. The van der Waals surface area contributed by atoms with E-state index < -0.39 is 0 Å². The maximum Gasteiger partial charge on any atom is 0.160 e. The average molecular weight is 184 g/mol. The molecule has 2 nitrogen and oxygen atoms in total. The van der Waals surface area contributed by atoms with Gasteiger partial charge in [0.1, 0.15) is 0 Å². The molecule has 0 radical (unpaired) electrons.